The standard InChI is InChI=1S/C24H19Cl2F2N3O2/c1-12(24(32)33)14-5-3-4-6-15(14)18-9-20-19(10-29-18)30-11-31(20)13(2)21-17(25)8-7-16(22(21)26)23(27)28/h3-13,23H,1-2H3,(H,32,33)/t12?,13-/m1/s1. The van der Waals surface area contributed by atoms with Crippen LogP contribution in [0.25, 0.3) is 22.3 Å². The average molecular weight is 490 g/mol. The number of aliphatic carboxylic acids is 1. The second-order valence-electron chi connectivity index (χ2n) is 7.70. The highest BCUT2D eigenvalue weighted by Gasteiger charge is 2.24. The van der Waals surface area contributed by atoms with Crippen LogP contribution in [-0.2, 0) is 4.79 Å². The van der Waals surface area contributed by atoms with Crippen molar-refractivity contribution in [1.82, 2.24) is 14.5 Å². The number of carbonyl (C=O) groups is 1. The van der Waals surface area contributed by atoms with Crippen molar-refractivity contribution in [3.63, 3.8) is 0 Å². The largest absolute Gasteiger partial charge is 0.481 e. The Bertz CT molecular complexity index is 1360. The number of hydrogen-bond acceptors (Lipinski definition) is 3. The summed E-state index contributed by atoms with van der Waals surface area (Å²) >= 11 is 12.7. The third kappa shape index (κ3) is 4.18. The van der Waals surface area contributed by atoms with Crippen LogP contribution in [0.1, 0.15) is 48.9 Å². The van der Waals surface area contributed by atoms with Crippen molar-refractivity contribution in [2.24, 2.45) is 0 Å². The molecule has 0 saturated carbocycles. The van der Waals surface area contributed by atoms with Crippen molar-refractivity contribution >= 4 is 40.2 Å². The quantitative estimate of drug-likeness (QED) is 0.312. The van der Waals surface area contributed by atoms with Crippen LogP contribution in [-0.4, -0.2) is 25.6 Å². The first-order valence-corrected chi connectivity index (χ1v) is 10.9. The lowest BCUT2D eigenvalue weighted by molar-refractivity contribution is -0.138. The molecule has 4 aromatic rings. The van der Waals surface area contributed by atoms with Crippen LogP contribution in [0.5, 0.6) is 0 Å². The highest BCUT2D eigenvalue weighted by Crippen LogP contribution is 2.39. The number of carboxylic acid groups (broad SMARTS) is 1. The number of hydrogen-bond donors (Lipinski definition) is 1. The third-order valence-electron chi connectivity index (χ3n) is 5.76. The van der Waals surface area contributed by atoms with E-state index in [1.165, 1.54) is 12.1 Å². The molecule has 170 valence electrons. The van der Waals surface area contributed by atoms with E-state index in [2.05, 4.69) is 9.97 Å². The minimum absolute atomic E-state index is 0.0817. The molecule has 0 saturated heterocycles. The van der Waals surface area contributed by atoms with Crippen LogP contribution in [0.4, 0.5) is 8.78 Å². The number of alkyl halides is 2. The number of pyridine rings is 1. The van der Waals surface area contributed by atoms with Crippen molar-refractivity contribution in [2.45, 2.75) is 32.2 Å². The summed E-state index contributed by atoms with van der Waals surface area (Å²) in [6.07, 6.45) is 0.437. The number of carboxylic acids is 1. The van der Waals surface area contributed by atoms with E-state index in [0.717, 1.165) is 0 Å². The predicted octanol–water partition coefficient (Wildman–Crippen LogP) is 7.14. The Morgan fingerprint density at radius 1 is 1.06 bits per heavy atom. The molecule has 2 aromatic heterocycles. The molecule has 4 rings (SSSR count). The third-order valence-corrected chi connectivity index (χ3v) is 6.51. The molecule has 5 nitrogen and oxygen atoms in total. The van der Waals surface area contributed by atoms with Crippen LogP contribution < -0.4 is 0 Å². The molecule has 0 amide bonds. The summed E-state index contributed by atoms with van der Waals surface area (Å²) in [5, 5.41) is 9.68. The van der Waals surface area contributed by atoms with Gasteiger partial charge in [-0.2, -0.15) is 0 Å². The monoisotopic (exact) mass is 489 g/mol. The van der Waals surface area contributed by atoms with E-state index in [1.54, 1.807) is 49.1 Å². The van der Waals surface area contributed by atoms with Crippen molar-refractivity contribution in [3.05, 3.63) is 81.7 Å². The summed E-state index contributed by atoms with van der Waals surface area (Å²) in [6.45, 7) is 3.41. The number of halogens is 4. The molecule has 0 fully saturated rings. The number of rotatable bonds is 6. The van der Waals surface area contributed by atoms with Gasteiger partial charge in [-0.3, -0.25) is 9.78 Å². The number of nitrogens with zero attached hydrogens (tertiary/aromatic N) is 3. The van der Waals surface area contributed by atoms with Crippen molar-refractivity contribution < 1.29 is 18.7 Å². The van der Waals surface area contributed by atoms with Gasteiger partial charge in [0.05, 0.1) is 40.7 Å². The Labute approximate surface area is 198 Å². The Hall–Kier alpha value is -3.03. The van der Waals surface area contributed by atoms with Crippen molar-refractivity contribution in [2.75, 3.05) is 0 Å². The lowest BCUT2D eigenvalue weighted by atomic mass is 9.94. The summed E-state index contributed by atoms with van der Waals surface area (Å²) < 4.78 is 28.6. The lowest BCUT2D eigenvalue weighted by Gasteiger charge is -2.20. The number of fused-ring (bicyclic) bond motifs is 1. The highest BCUT2D eigenvalue weighted by atomic mass is 35.5. The maximum absolute atomic E-state index is 13.4. The van der Waals surface area contributed by atoms with Crippen molar-refractivity contribution in [3.8, 4) is 11.3 Å². The molecule has 1 N–H and O–H groups in total. The topological polar surface area (TPSA) is 68.0 Å². The first-order chi connectivity index (χ1) is 15.7. The van der Waals surface area contributed by atoms with E-state index in [-0.39, 0.29) is 15.6 Å². The molecular formula is C24H19Cl2F2N3O2. The molecule has 0 bridgehead atoms. The highest BCUT2D eigenvalue weighted by molar-refractivity contribution is 6.36. The van der Waals surface area contributed by atoms with Gasteiger partial charge in [0.2, 0.25) is 0 Å². The SMILES string of the molecule is CC(C(=O)O)c1ccccc1-c1cc2c(cn1)ncn2[C@H](C)c1c(Cl)ccc(C(F)F)c1Cl. The summed E-state index contributed by atoms with van der Waals surface area (Å²) in [5.74, 6) is -1.66. The van der Waals surface area contributed by atoms with E-state index in [9.17, 15) is 18.7 Å². The fourth-order valence-electron chi connectivity index (χ4n) is 3.90. The van der Waals surface area contributed by atoms with Gasteiger partial charge in [0, 0.05) is 21.7 Å². The minimum atomic E-state index is -2.73. The zero-order valence-electron chi connectivity index (χ0n) is 17.6. The predicted molar refractivity (Wildman–Crippen MR) is 124 cm³/mol. The van der Waals surface area contributed by atoms with Gasteiger partial charge >= 0.3 is 5.97 Å². The Morgan fingerprint density at radius 2 is 1.79 bits per heavy atom. The first-order valence-electron chi connectivity index (χ1n) is 10.1. The van der Waals surface area contributed by atoms with Crippen LogP contribution in [0.3, 0.4) is 0 Å². The molecule has 2 aromatic carbocycles. The van der Waals surface area contributed by atoms with Crippen LogP contribution in [0.15, 0.2) is 55.0 Å². The number of imidazole rings is 1. The maximum atomic E-state index is 13.4. The molecule has 2 heterocycles. The van der Waals surface area contributed by atoms with Gasteiger partial charge in [0.15, 0.2) is 0 Å². The molecule has 2 atom stereocenters. The fourth-order valence-corrected chi connectivity index (χ4v) is 4.67. The van der Waals surface area contributed by atoms with Gasteiger partial charge in [0.25, 0.3) is 6.43 Å². The second-order valence-corrected chi connectivity index (χ2v) is 8.48. The molecule has 0 radical (unpaired) electrons. The molecule has 0 aliphatic heterocycles. The molecule has 0 aliphatic carbocycles. The van der Waals surface area contributed by atoms with E-state index in [0.29, 0.717) is 33.4 Å². The van der Waals surface area contributed by atoms with E-state index >= 15 is 0 Å². The van der Waals surface area contributed by atoms with Crippen LogP contribution >= 0.6 is 23.2 Å². The van der Waals surface area contributed by atoms with Gasteiger partial charge in [-0.25, -0.2) is 13.8 Å². The maximum Gasteiger partial charge on any atom is 0.310 e. The van der Waals surface area contributed by atoms with Gasteiger partial charge in [-0.05, 0) is 31.5 Å². The zero-order valence-corrected chi connectivity index (χ0v) is 19.1. The van der Waals surface area contributed by atoms with Gasteiger partial charge < -0.3 is 9.67 Å². The second kappa shape index (κ2) is 9.08. The molecule has 0 aliphatic rings. The summed E-state index contributed by atoms with van der Waals surface area (Å²) in [4.78, 5) is 20.4. The minimum Gasteiger partial charge on any atom is -0.481 e. The average Bonchev–Trinajstić information content (AvgIpc) is 3.21. The molecule has 1 unspecified atom stereocenters. The fraction of sp³-hybridized carbons (Fsp3) is 0.208. The summed E-state index contributed by atoms with van der Waals surface area (Å²) in [7, 11) is 0. The van der Waals surface area contributed by atoms with E-state index in [1.807, 2.05) is 12.1 Å². The summed E-state index contributed by atoms with van der Waals surface area (Å²) in [6, 6.07) is 11.1. The number of aromatic nitrogens is 3. The number of benzene rings is 2. The lowest BCUT2D eigenvalue weighted by Crippen LogP contribution is -2.09. The normalized spacial score (nSPS) is 13.4. The van der Waals surface area contributed by atoms with Gasteiger partial charge in [-0.15, -0.1) is 0 Å². The summed E-state index contributed by atoms with van der Waals surface area (Å²) in [5.41, 5.74) is 3.24. The van der Waals surface area contributed by atoms with Gasteiger partial charge in [-0.1, -0.05) is 53.5 Å². The van der Waals surface area contributed by atoms with E-state index < -0.39 is 24.4 Å². The molecule has 9 heteroatoms. The zero-order chi connectivity index (χ0) is 23.9. The Morgan fingerprint density at radius 3 is 2.48 bits per heavy atom. The smallest absolute Gasteiger partial charge is 0.310 e. The van der Waals surface area contributed by atoms with Gasteiger partial charge in [0.1, 0.15) is 5.52 Å². The van der Waals surface area contributed by atoms with Crippen molar-refractivity contribution in [1.29, 1.82) is 0 Å². The first kappa shape index (κ1) is 23.1. The Kier molecular flexibility index (Phi) is 6.36. The molecule has 0 spiro atoms. The van der Waals surface area contributed by atoms with Crippen LogP contribution in [0.2, 0.25) is 10.0 Å². The van der Waals surface area contributed by atoms with Crippen LogP contribution in [0, 0.1) is 0 Å². The molecule has 33 heavy (non-hydrogen) atoms. The Balaban J connectivity index is 1.85. The molecular weight excluding hydrogens is 471 g/mol. The van der Waals surface area contributed by atoms with E-state index in [4.69, 9.17) is 23.2 Å².